The van der Waals surface area contributed by atoms with Crippen molar-refractivity contribution in [3.05, 3.63) is 57.5 Å². The van der Waals surface area contributed by atoms with Gasteiger partial charge in [0, 0.05) is 17.5 Å². The van der Waals surface area contributed by atoms with Crippen LogP contribution in [0.4, 0.5) is 4.39 Å². The molecule has 1 aromatic heterocycles. The van der Waals surface area contributed by atoms with Gasteiger partial charge in [0.15, 0.2) is 4.84 Å². The van der Waals surface area contributed by atoms with Crippen molar-refractivity contribution in [3.8, 4) is 0 Å². The summed E-state index contributed by atoms with van der Waals surface area (Å²) >= 11 is 13.1. The van der Waals surface area contributed by atoms with Crippen LogP contribution in [0.25, 0.3) is 0 Å². The number of carbonyl (C=O) groups is 2. The zero-order valence-corrected chi connectivity index (χ0v) is 19.0. The molecule has 1 unspecified atom stereocenters. The maximum atomic E-state index is 13.3. The van der Waals surface area contributed by atoms with Crippen molar-refractivity contribution >= 4 is 46.4 Å². The van der Waals surface area contributed by atoms with E-state index in [9.17, 15) is 14.0 Å². The smallest absolute Gasteiger partial charge is 0.256 e. The van der Waals surface area contributed by atoms with Gasteiger partial charge >= 0.3 is 0 Å². The molecule has 2 amide bonds. The molecule has 2 aromatic rings. The zero-order chi connectivity index (χ0) is 21.6. The maximum Gasteiger partial charge on any atom is 0.256 e. The second-order valence-electron chi connectivity index (χ2n) is 6.93. The van der Waals surface area contributed by atoms with Crippen molar-refractivity contribution in [2.45, 2.75) is 51.2 Å². The lowest BCUT2D eigenvalue weighted by atomic mass is 10.1. The monoisotopic (exact) mass is 458 g/mol. The first kappa shape index (κ1) is 23.6. The molecule has 29 heavy (non-hydrogen) atoms. The molecule has 0 bridgehead atoms. The van der Waals surface area contributed by atoms with E-state index in [2.05, 4.69) is 0 Å². The third-order valence-electron chi connectivity index (χ3n) is 4.84. The van der Waals surface area contributed by atoms with E-state index in [1.807, 2.05) is 32.2 Å². The number of amides is 2. The fourth-order valence-corrected chi connectivity index (χ4v) is 4.00. The SMILES string of the molecule is CCC(C)N(CC(=O)N(Cc1ccc(F)cc1)Cc1sccc1C)C(=O)C(Cl)Cl. The lowest BCUT2D eigenvalue weighted by Gasteiger charge is -2.31. The minimum absolute atomic E-state index is 0.116. The van der Waals surface area contributed by atoms with Gasteiger partial charge in [-0.05, 0) is 55.0 Å². The molecular formula is C21H25Cl2FN2O2S. The number of thiophene rings is 1. The molecule has 0 saturated heterocycles. The number of benzene rings is 1. The van der Waals surface area contributed by atoms with Gasteiger partial charge < -0.3 is 9.80 Å². The number of nitrogens with zero attached hydrogens (tertiary/aromatic N) is 2. The molecule has 1 atom stereocenters. The number of halogens is 3. The van der Waals surface area contributed by atoms with Gasteiger partial charge in [0.2, 0.25) is 5.91 Å². The molecule has 0 fully saturated rings. The highest BCUT2D eigenvalue weighted by atomic mass is 35.5. The molecule has 1 heterocycles. The predicted molar refractivity (Wildman–Crippen MR) is 117 cm³/mol. The van der Waals surface area contributed by atoms with E-state index in [-0.39, 0.29) is 24.3 Å². The summed E-state index contributed by atoms with van der Waals surface area (Å²) in [5.41, 5.74) is 1.91. The summed E-state index contributed by atoms with van der Waals surface area (Å²) in [5, 5.41) is 1.98. The second-order valence-corrected chi connectivity index (χ2v) is 9.02. The lowest BCUT2D eigenvalue weighted by molar-refractivity contribution is -0.142. The Bertz CT molecular complexity index is 826. The molecule has 1 aromatic carbocycles. The summed E-state index contributed by atoms with van der Waals surface area (Å²) in [6.07, 6.45) is 0.668. The van der Waals surface area contributed by atoms with Crippen LogP contribution in [0.5, 0.6) is 0 Å². The Kier molecular flexibility index (Phi) is 8.93. The lowest BCUT2D eigenvalue weighted by Crippen LogP contribution is -2.48. The molecule has 4 nitrogen and oxygen atoms in total. The third-order valence-corrected chi connectivity index (χ3v) is 6.22. The molecule has 8 heteroatoms. The standard InChI is InChI=1S/C21H25Cl2FN2O2S/c1-4-15(3)26(21(28)20(22)23)13-19(27)25(12-18-14(2)9-10-29-18)11-16-5-7-17(24)8-6-16/h5-10,15,20H,4,11-13H2,1-3H3. The first-order valence-electron chi connectivity index (χ1n) is 9.36. The van der Waals surface area contributed by atoms with Gasteiger partial charge in [-0.25, -0.2) is 4.39 Å². The number of aryl methyl sites for hydroxylation is 1. The van der Waals surface area contributed by atoms with Gasteiger partial charge in [-0.3, -0.25) is 9.59 Å². The number of hydrogen-bond acceptors (Lipinski definition) is 3. The minimum Gasteiger partial charge on any atom is -0.332 e. The summed E-state index contributed by atoms with van der Waals surface area (Å²) in [5.74, 6) is -1.03. The quantitative estimate of drug-likeness (QED) is 0.487. The molecular weight excluding hydrogens is 434 g/mol. The molecule has 0 N–H and O–H groups in total. The maximum absolute atomic E-state index is 13.3. The Morgan fingerprint density at radius 1 is 1.14 bits per heavy atom. The largest absolute Gasteiger partial charge is 0.332 e. The molecule has 0 radical (unpaired) electrons. The van der Waals surface area contributed by atoms with Crippen LogP contribution in [0.2, 0.25) is 0 Å². The first-order valence-corrected chi connectivity index (χ1v) is 11.1. The Morgan fingerprint density at radius 2 is 1.79 bits per heavy atom. The van der Waals surface area contributed by atoms with E-state index in [0.717, 1.165) is 16.0 Å². The zero-order valence-electron chi connectivity index (χ0n) is 16.7. The van der Waals surface area contributed by atoms with Crippen LogP contribution in [-0.4, -0.2) is 39.0 Å². The summed E-state index contributed by atoms with van der Waals surface area (Å²) in [6, 6.07) is 7.87. The van der Waals surface area contributed by atoms with Crippen LogP contribution < -0.4 is 0 Å². The summed E-state index contributed by atoms with van der Waals surface area (Å²) in [4.78, 5) is 28.5. The van der Waals surface area contributed by atoms with Gasteiger partial charge in [0.25, 0.3) is 5.91 Å². The first-order chi connectivity index (χ1) is 13.7. The minimum atomic E-state index is -1.22. The summed E-state index contributed by atoms with van der Waals surface area (Å²) < 4.78 is 13.3. The van der Waals surface area contributed by atoms with E-state index in [1.165, 1.54) is 17.0 Å². The number of rotatable bonds is 9. The van der Waals surface area contributed by atoms with E-state index >= 15 is 0 Å². The topological polar surface area (TPSA) is 40.6 Å². The van der Waals surface area contributed by atoms with Crippen molar-refractivity contribution in [1.29, 1.82) is 0 Å². The van der Waals surface area contributed by atoms with Crippen molar-refractivity contribution in [3.63, 3.8) is 0 Å². The van der Waals surface area contributed by atoms with Gasteiger partial charge in [0.1, 0.15) is 12.4 Å². The van der Waals surface area contributed by atoms with Crippen LogP contribution in [0.3, 0.4) is 0 Å². The van der Waals surface area contributed by atoms with Crippen molar-refractivity contribution in [2.24, 2.45) is 0 Å². The Hall–Kier alpha value is -1.63. The van der Waals surface area contributed by atoms with Crippen LogP contribution in [-0.2, 0) is 22.7 Å². The fourth-order valence-electron chi connectivity index (χ4n) is 2.82. The normalized spacial score (nSPS) is 12.1. The fraction of sp³-hybridized carbons (Fsp3) is 0.429. The average Bonchev–Trinajstić information content (AvgIpc) is 3.10. The van der Waals surface area contributed by atoms with E-state index in [0.29, 0.717) is 19.5 Å². The molecule has 0 spiro atoms. The molecule has 0 aliphatic heterocycles. The third kappa shape index (κ3) is 6.69. The number of hydrogen-bond donors (Lipinski definition) is 0. The molecule has 0 saturated carbocycles. The molecule has 0 aliphatic rings. The number of carbonyl (C=O) groups excluding carboxylic acids is 2. The molecule has 0 aliphatic carbocycles. The highest BCUT2D eigenvalue weighted by Crippen LogP contribution is 2.21. The summed E-state index contributed by atoms with van der Waals surface area (Å²) in [6.45, 7) is 6.38. The van der Waals surface area contributed by atoms with Crippen molar-refractivity contribution in [2.75, 3.05) is 6.54 Å². The van der Waals surface area contributed by atoms with E-state index in [1.54, 1.807) is 28.4 Å². The Labute approximate surface area is 185 Å². The predicted octanol–water partition coefficient (Wildman–Crippen LogP) is 5.16. The van der Waals surface area contributed by atoms with Gasteiger partial charge in [-0.15, -0.1) is 11.3 Å². The molecule has 158 valence electrons. The Balaban J connectivity index is 2.25. The van der Waals surface area contributed by atoms with Gasteiger partial charge in [-0.1, -0.05) is 42.3 Å². The van der Waals surface area contributed by atoms with Crippen LogP contribution in [0.1, 0.15) is 36.3 Å². The number of alkyl halides is 2. The average molecular weight is 459 g/mol. The van der Waals surface area contributed by atoms with Crippen LogP contribution >= 0.6 is 34.5 Å². The summed E-state index contributed by atoms with van der Waals surface area (Å²) in [7, 11) is 0. The Morgan fingerprint density at radius 3 is 2.31 bits per heavy atom. The highest BCUT2D eigenvalue weighted by Gasteiger charge is 2.28. The second kappa shape index (κ2) is 11.0. The molecule has 2 rings (SSSR count). The van der Waals surface area contributed by atoms with Gasteiger partial charge in [-0.2, -0.15) is 0 Å². The van der Waals surface area contributed by atoms with Gasteiger partial charge in [0.05, 0.1) is 6.54 Å². The van der Waals surface area contributed by atoms with Crippen LogP contribution in [0, 0.1) is 12.7 Å². The van der Waals surface area contributed by atoms with E-state index < -0.39 is 10.7 Å². The van der Waals surface area contributed by atoms with Crippen molar-refractivity contribution < 1.29 is 14.0 Å². The van der Waals surface area contributed by atoms with E-state index in [4.69, 9.17) is 23.2 Å². The van der Waals surface area contributed by atoms with Crippen molar-refractivity contribution in [1.82, 2.24) is 9.80 Å². The van der Waals surface area contributed by atoms with Crippen LogP contribution in [0.15, 0.2) is 35.7 Å². The highest BCUT2D eigenvalue weighted by molar-refractivity contribution is 7.10.